The minimum absolute atomic E-state index is 0.515. The summed E-state index contributed by atoms with van der Waals surface area (Å²) in [4.78, 5) is 0. The summed E-state index contributed by atoms with van der Waals surface area (Å²) in [6.07, 6.45) is 1.18. The lowest BCUT2D eigenvalue weighted by Gasteiger charge is -2.14. The van der Waals surface area contributed by atoms with Crippen LogP contribution in [0.5, 0.6) is 0 Å². The molecule has 0 aliphatic carbocycles. The van der Waals surface area contributed by atoms with E-state index in [0.29, 0.717) is 16.0 Å². The maximum absolute atomic E-state index is 9.93. The molecule has 0 fully saturated rings. The SMILES string of the molecule is CC(C)CCC(O)c1cc(Cl)ccc1Cl. The van der Waals surface area contributed by atoms with Crippen LogP contribution < -0.4 is 0 Å². The van der Waals surface area contributed by atoms with Gasteiger partial charge in [0.25, 0.3) is 0 Å². The van der Waals surface area contributed by atoms with Gasteiger partial charge in [0.1, 0.15) is 0 Å². The largest absolute Gasteiger partial charge is 0.388 e. The molecule has 0 aliphatic rings. The summed E-state index contributed by atoms with van der Waals surface area (Å²) < 4.78 is 0. The quantitative estimate of drug-likeness (QED) is 0.832. The fourth-order valence-electron chi connectivity index (χ4n) is 1.42. The molecule has 1 nitrogen and oxygen atoms in total. The van der Waals surface area contributed by atoms with Crippen LogP contribution in [0.4, 0.5) is 0 Å². The van der Waals surface area contributed by atoms with E-state index in [1.165, 1.54) is 0 Å². The van der Waals surface area contributed by atoms with Gasteiger partial charge in [0, 0.05) is 15.6 Å². The molecule has 0 aromatic heterocycles. The summed E-state index contributed by atoms with van der Waals surface area (Å²) in [6.45, 7) is 4.26. The van der Waals surface area contributed by atoms with E-state index in [0.717, 1.165) is 18.4 Å². The zero-order chi connectivity index (χ0) is 11.4. The molecular formula is C12H16Cl2O. The second kappa shape index (κ2) is 5.74. The summed E-state index contributed by atoms with van der Waals surface area (Å²) in [5.74, 6) is 0.581. The Morgan fingerprint density at radius 2 is 1.87 bits per heavy atom. The Bertz CT molecular complexity index is 323. The van der Waals surface area contributed by atoms with Gasteiger partial charge in [0.05, 0.1) is 6.10 Å². The lowest BCUT2D eigenvalue weighted by Crippen LogP contribution is -2.00. The Morgan fingerprint density at radius 1 is 1.20 bits per heavy atom. The molecule has 3 heteroatoms. The van der Waals surface area contributed by atoms with Gasteiger partial charge in [-0.3, -0.25) is 0 Å². The first-order chi connectivity index (χ1) is 7.00. The highest BCUT2D eigenvalue weighted by Gasteiger charge is 2.12. The van der Waals surface area contributed by atoms with Crippen molar-refractivity contribution in [2.75, 3.05) is 0 Å². The molecule has 1 aromatic carbocycles. The van der Waals surface area contributed by atoms with Crippen molar-refractivity contribution in [2.45, 2.75) is 32.8 Å². The second-order valence-corrected chi connectivity index (χ2v) is 5.00. The molecule has 1 atom stereocenters. The molecule has 0 bridgehead atoms. The Labute approximate surface area is 101 Å². The number of rotatable bonds is 4. The van der Waals surface area contributed by atoms with Crippen LogP contribution in [-0.2, 0) is 0 Å². The van der Waals surface area contributed by atoms with Crippen LogP contribution >= 0.6 is 23.2 Å². The predicted molar refractivity (Wildman–Crippen MR) is 65.5 cm³/mol. The van der Waals surface area contributed by atoms with Crippen molar-refractivity contribution in [3.8, 4) is 0 Å². The first kappa shape index (κ1) is 12.8. The minimum atomic E-state index is -0.515. The highest BCUT2D eigenvalue weighted by molar-refractivity contribution is 6.33. The molecule has 0 radical (unpaired) electrons. The van der Waals surface area contributed by atoms with E-state index in [-0.39, 0.29) is 0 Å². The van der Waals surface area contributed by atoms with Gasteiger partial charge in [-0.25, -0.2) is 0 Å². The lowest BCUT2D eigenvalue weighted by atomic mass is 10.00. The predicted octanol–water partition coefficient (Wildman–Crippen LogP) is 4.46. The normalized spacial score (nSPS) is 13.2. The Kier molecular flexibility index (Phi) is 4.91. The van der Waals surface area contributed by atoms with Gasteiger partial charge in [0.2, 0.25) is 0 Å². The van der Waals surface area contributed by atoms with Gasteiger partial charge < -0.3 is 5.11 Å². The van der Waals surface area contributed by atoms with E-state index in [4.69, 9.17) is 23.2 Å². The number of halogens is 2. The van der Waals surface area contributed by atoms with Gasteiger partial charge in [-0.2, -0.15) is 0 Å². The molecule has 1 N–H and O–H groups in total. The van der Waals surface area contributed by atoms with E-state index >= 15 is 0 Å². The van der Waals surface area contributed by atoms with Crippen LogP contribution in [0.3, 0.4) is 0 Å². The summed E-state index contributed by atoms with van der Waals surface area (Å²) in [7, 11) is 0. The monoisotopic (exact) mass is 246 g/mol. The van der Waals surface area contributed by atoms with E-state index in [1.807, 2.05) is 0 Å². The molecule has 1 rings (SSSR count). The van der Waals surface area contributed by atoms with Gasteiger partial charge >= 0.3 is 0 Å². The fraction of sp³-hybridized carbons (Fsp3) is 0.500. The Balaban J connectivity index is 2.72. The molecule has 0 saturated carbocycles. The van der Waals surface area contributed by atoms with Gasteiger partial charge in [-0.1, -0.05) is 37.0 Å². The van der Waals surface area contributed by atoms with Crippen molar-refractivity contribution < 1.29 is 5.11 Å². The average molecular weight is 247 g/mol. The maximum atomic E-state index is 9.93. The molecule has 0 aliphatic heterocycles. The maximum Gasteiger partial charge on any atom is 0.0805 e. The van der Waals surface area contributed by atoms with Gasteiger partial charge in [-0.05, 0) is 37.0 Å². The number of aliphatic hydroxyl groups is 1. The zero-order valence-corrected chi connectivity index (χ0v) is 10.5. The van der Waals surface area contributed by atoms with Crippen molar-refractivity contribution in [2.24, 2.45) is 5.92 Å². The summed E-state index contributed by atoms with van der Waals surface area (Å²) >= 11 is 11.8. The van der Waals surface area contributed by atoms with Crippen molar-refractivity contribution in [3.05, 3.63) is 33.8 Å². The van der Waals surface area contributed by atoms with Crippen molar-refractivity contribution in [3.63, 3.8) is 0 Å². The summed E-state index contributed by atoms with van der Waals surface area (Å²) in [6, 6.07) is 5.18. The fourth-order valence-corrected chi connectivity index (χ4v) is 1.84. The molecule has 0 saturated heterocycles. The summed E-state index contributed by atoms with van der Waals surface area (Å²) in [5.41, 5.74) is 0.727. The highest BCUT2D eigenvalue weighted by atomic mass is 35.5. The lowest BCUT2D eigenvalue weighted by molar-refractivity contribution is 0.159. The minimum Gasteiger partial charge on any atom is -0.388 e. The molecular weight excluding hydrogens is 231 g/mol. The van der Waals surface area contributed by atoms with Crippen LogP contribution in [0.25, 0.3) is 0 Å². The number of benzene rings is 1. The van der Waals surface area contributed by atoms with Gasteiger partial charge in [0.15, 0.2) is 0 Å². The van der Waals surface area contributed by atoms with Crippen LogP contribution in [0.2, 0.25) is 10.0 Å². The molecule has 1 aromatic rings. The van der Waals surface area contributed by atoms with Crippen LogP contribution in [-0.4, -0.2) is 5.11 Å². The standard InChI is InChI=1S/C12H16Cl2O/c1-8(2)3-6-12(15)10-7-9(13)4-5-11(10)14/h4-5,7-8,12,15H,3,6H2,1-2H3. The molecule has 1 unspecified atom stereocenters. The zero-order valence-electron chi connectivity index (χ0n) is 9.00. The third-order valence-electron chi connectivity index (χ3n) is 2.33. The highest BCUT2D eigenvalue weighted by Crippen LogP contribution is 2.29. The van der Waals surface area contributed by atoms with Crippen LogP contribution in [0.15, 0.2) is 18.2 Å². The number of hydrogen-bond acceptors (Lipinski definition) is 1. The van der Waals surface area contributed by atoms with Crippen molar-refractivity contribution in [1.29, 1.82) is 0 Å². The van der Waals surface area contributed by atoms with Crippen molar-refractivity contribution >= 4 is 23.2 Å². The van der Waals surface area contributed by atoms with Crippen LogP contribution in [0.1, 0.15) is 38.4 Å². The van der Waals surface area contributed by atoms with E-state index < -0.39 is 6.10 Å². The Morgan fingerprint density at radius 3 is 2.47 bits per heavy atom. The molecule has 0 amide bonds. The molecule has 0 spiro atoms. The van der Waals surface area contributed by atoms with E-state index in [9.17, 15) is 5.11 Å². The average Bonchev–Trinajstić information content (AvgIpc) is 2.18. The topological polar surface area (TPSA) is 20.2 Å². The smallest absolute Gasteiger partial charge is 0.0805 e. The molecule has 84 valence electrons. The van der Waals surface area contributed by atoms with Gasteiger partial charge in [-0.15, -0.1) is 0 Å². The third kappa shape index (κ3) is 4.02. The third-order valence-corrected chi connectivity index (χ3v) is 2.91. The second-order valence-electron chi connectivity index (χ2n) is 4.15. The molecule has 0 heterocycles. The Hall–Kier alpha value is -0.240. The van der Waals surface area contributed by atoms with Crippen LogP contribution in [0, 0.1) is 5.92 Å². The number of aliphatic hydroxyl groups excluding tert-OH is 1. The number of hydrogen-bond donors (Lipinski definition) is 1. The first-order valence-electron chi connectivity index (χ1n) is 5.13. The first-order valence-corrected chi connectivity index (χ1v) is 5.89. The molecule has 15 heavy (non-hydrogen) atoms. The van der Waals surface area contributed by atoms with Crippen molar-refractivity contribution in [1.82, 2.24) is 0 Å². The van der Waals surface area contributed by atoms with E-state index in [1.54, 1.807) is 18.2 Å². The summed E-state index contributed by atoms with van der Waals surface area (Å²) in [5, 5.41) is 11.1. The van der Waals surface area contributed by atoms with E-state index in [2.05, 4.69) is 13.8 Å².